The van der Waals surface area contributed by atoms with Crippen molar-refractivity contribution >= 4 is 23.6 Å². The van der Waals surface area contributed by atoms with Crippen LogP contribution in [0, 0.1) is 0 Å². The normalized spacial score (nSPS) is 10.6. The molecule has 0 aliphatic heterocycles. The smallest absolute Gasteiger partial charge is 0.325 e. The van der Waals surface area contributed by atoms with Crippen molar-refractivity contribution in [1.29, 1.82) is 0 Å². The number of furan rings is 1. The Morgan fingerprint density at radius 2 is 2.24 bits per heavy atom. The standard InChI is InChI=1S/C15H20N4O5S/c1-3-23-13(21)9-16-12(20)10-25-15-18-17-14(11-5-4-7-24-11)19(15)6-8-22-2/h4-5,7H,3,6,8-10H2,1-2H3,(H,16,20). The molecule has 136 valence electrons. The molecule has 0 aromatic carbocycles. The van der Waals surface area contributed by atoms with Crippen LogP contribution in [0.5, 0.6) is 0 Å². The fraction of sp³-hybridized carbons (Fsp3) is 0.467. The molecule has 0 saturated carbocycles. The average molecular weight is 368 g/mol. The summed E-state index contributed by atoms with van der Waals surface area (Å²) in [4.78, 5) is 23.1. The molecule has 0 aliphatic carbocycles. The first-order chi connectivity index (χ1) is 12.2. The fourth-order valence-electron chi connectivity index (χ4n) is 1.93. The van der Waals surface area contributed by atoms with Crippen molar-refractivity contribution in [3.05, 3.63) is 18.4 Å². The first-order valence-corrected chi connectivity index (χ1v) is 8.65. The zero-order valence-corrected chi connectivity index (χ0v) is 14.9. The highest BCUT2D eigenvalue weighted by molar-refractivity contribution is 7.99. The SMILES string of the molecule is CCOC(=O)CNC(=O)CSc1nnc(-c2ccco2)n1CCOC. The van der Waals surface area contributed by atoms with Crippen LogP contribution in [0.2, 0.25) is 0 Å². The Morgan fingerprint density at radius 3 is 2.92 bits per heavy atom. The Bertz CT molecular complexity index is 686. The molecule has 0 saturated heterocycles. The van der Waals surface area contributed by atoms with Crippen molar-refractivity contribution in [2.75, 3.05) is 32.6 Å². The van der Waals surface area contributed by atoms with Gasteiger partial charge in [0, 0.05) is 7.11 Å². The summed E-state index contributed by atoms with van der Waals surface area (Å²) < 4.78 is 17.0. The number of nitrogens with one attached hydrogen (secondary N) is 1. The van der Waals surface area contributed by atoms with Gasteiger partial charge < -0.3 is 19.2 Å². The number of thioether (sulfide) groups is 1. The predicted octanol–water partition coefficient (Wildman–Crippen LogP) is 0.956. The van der Waals surface area contributed by atoms with Gasteiger partial charge >= 0.3 is 5.97 Å². The van der Waals surface area contributed by atoms with Gasteiger partial charge in [0.15, 0.2) is 10.9 Å². The van der Waals surface area contributed by atoms with E-state index in [-0.39, 0.29) is 24.8 Å². The van der Waals surface area contributed by atoms with Crippen molar-refractivity contribution in [1.82, 2.24) is 20.1 Å². The minimum Gasteiger partial charge on any atom is -0.465 e. The van der Waals surface area contributed by atoms with Crippen molar-refractivity contribution in [3.63, 3.8) is 0 Å². The summed E-state index contributed by atoms with van der Waals surface area (Å²) in [6, 6.07) is 3.55. The van der Waals surface area contributed by atoms with Gasteiger partial charge in [-0.3, -0.25) is 14.2 Å². The van der Waals surface area contributed by atoms with Crippen molar-refractivity contribution in [2.24, 2.45) is 0 Å². The summed E-state index contributed by atoms with van der Waals surface area (Å²) in [5.41, 5.74) is 0. The van der Waals surface area contributed by atoms with Gasteiger partial charge in [0.25, 0.3) is 0 Å². The number of carbonyl (C=O) groups is 2. The van der Waals surface area contributed by atoms with Gasteiger partial charge in [-0.1, -0.05) is 11.8 Å². The number of esters is 1. The summed E-state index contributed by atoms with van der Waals surface area (Å²) in [5, 5.41) is 11.3. The Balaban J connectivity index is 1.97. The van der Waals surface area contributed by atoms with E-state index in [0.717, 1.165) is 0 Å². The number of aromatic nitrogens is 3. The topological polar surface area (TPSA) is 108 Å². The maximum Gasteiger partial charge on any atom is 0.325 e. The molecule has 2 aromatic rings. The molecule has 2 rings (SSSR count). The molecule has 0 unspecified atom stereocenters. The molecule has 0 spiro atoms. The highest BCUT2D eigenvalue weighted by atomic mass is 32.2. The van der Waals surface area contributed by atoms with Crippen molar-refractivity contribution < 1.29 is 23.5 Å². The van der Waals surface area contributed by atoms with Crippen molar-refractivity contribution in [2.45, 2.75) is 18.6 Å². The molecule has 25 heavy (non-hydrogen) atoms. The third kappa shape index (κ3) is 5.61. The lowest BCUT2D eigenvalue weighted by Crippen LogP contribution is -2.31. The molecule has 9 nitrogen and oxygen atoms in total. The quantitative estimate of drug-likeness (QED) is 0.488. The van der Waals surface area contributed by atoms with Crippen LogP contribution in [0.4, 0.5) is 0 Å². The Morgan fingerprint density at radius 1 is 1.40 bits per heavy atom. The third-order valence-corrected chi connectivity index (χ3v) is 4.01. The molecular formula is C15H20N4O5S. The Kier molecular flexibility index (Phi) is 7.48. The lowest BCUT2D eigenvalue weighted by molar-refractivity contribution is -0.143. The number of carbonyl (C=O) groups excluding carboxylic acids is 2. The van der Waals surface area contributed by atoms with E-state index in [2.05, 4.69) is 15.5 Å². The zero-order valence-electron chi connectivity index (χ0n) is 14.1. The summed E-state index contributed by atoms with van der Waals surface area (Å²) in [7, 11) is 1.60. The van der Waals surface area contributed by atoms with Crippen LogP contribution >= 0.6 is 11.8 Å². The number of methoxy groups -OCH3 is 1. The summed E-state index contributed by atoms with van der Waals surface area (Å²) >= 11 is 1.22. The maximum atomic E-state index is 11.8. The van der Waals surface area contributed by atoms with Crippen LogP contribution in [0.25, 0.3) is 11.6 Å². The van der Waals surface area contributed by atoms with E-state index in [1.807, 2.05) is 4.57 Å². The van der Waals surface area contributed by atoms with E-state index in [4.69, 9.17) is 13.9 Å². The first kappa shape index (κ1) is 19.0. The number of amides is 1. The number of rotatable bonds is 10. The number of ether oxygens (including phenoxy) is 2. The van der Waals surface area contributed by atoms with Crippen LogP contribution in [0.1, 0.15) is 6.92 Å². The summed E-state index contributed by atoms with van der Waals surface area (Å²) in [6.45, 7) is 2.82. The zero-order chi connectivity index (χ0) is 18.1. The van der Waals surface area contributed by atoms with Crippen molar-refractivity contribution in [3.8, 4) is 11.6 Å². The molecule has 1 N–H and O–H groups in total. The summed E-state index contributed by atoms with van der Waals surface area (Å²) in [6.07, 6.45) is 1.56. The first-order valence-electron chi connectivity index (χ1n) is 7.66. The minimum absolute atomic E-state index is 0.0999. The van der Waals surface area contributed by atoms with E-state index < -0.39 is 5.97 Å². The molecule has 0 bridgehead atoms. The highest BCUT2D eigenvalue weighted by Crippen LogP contribution is 2.24. The lowest BCUT2D eigenvalue weighted by atomic mass is 10.4. The lowest BCUT2D eigenvalue weighted by Gasteiger charge is -2.08. The average Bonchev–Trinajstić information content (AvgIpc) is 3.25. The second kappa shape index (κ2) is 9.84. The van der Waals surface area contributed by atoms with Crippen LogP contribution < -0.4 is 5.32 Å². The van der Waals surface area contributed by atoms with E-state index >= 15 is 0 Å². The Hall–Kier alpha value is -2.33. The highest BCUT2D eigenvalue weighted by Gasteiger charge is 2.17. The third-order valence-electron chi connectivity index (χ3n) is 3.05. The summed E-state index contributed by atoms with van der Waals surface area (Å²) in [5.74, 6) is 0.490. The molecular weight excluding hydrogens is 348 g/mol. The van der Waals surface area contributed by atoms with Gasteiger partial charge in [-0.2, -0.15) is 0 Å². The van der Waals surface area contributed by atoms with E-state index in [0.29, 0.717) is 29.9 Å². The molecule has 0 fully saturated rings. The maximum absolute atomic E-state index is 11.8. The van der Waals surface area contributed by atoms with Crippen LogP contribution in [0.3, 0.4) is 0 Å². The number of hydrogen-bond donors (Lipinski definition) is 1. The van der Waals surface area contributed by atoms with Gasteiger partial charge in [-0.25, -0.2) is 0 Å². The van der Waals surface area contributed by atoms with Gasteiger partial charge in [0.05, 0.1) is 31.8 Å². The largest absolute Gasteiger partial charge is 0.465 e. The van der Waals surface area contributed by atoms with Crippen LogP contribution in [-0.4, -0.2) is 59.3 Å². The van der Waals surface area contributed by atoms with Gasteiger partial charge in [0.1, 0.15) is 6.54 Å². The van der Waals surface area contributed by atoms with Crippen LogP contribution in [0.15, 0.2) is 28.0 Å². The molecule has 0 aliphatic rings. The van der Waals surface area contributed by atoms with Crippen LogP contribution in [-0.2, 0) is 25.6 Å². The molecule has 2 aromatic heterocycles. The van der Waals surface area contributed by atoms with Gasteiger partial charge in [-0.15, -0.1) is 10.2 Å². The molecule has 2 heterocycles. The molecule has 0 atom stereocenters. The van der Waals surface area contributed by atoms with E-state index in [1.54, 1.807) is 32.4 Å². The molecule has 0 radical (unpaired) electrons. The second-order valence-electron chi connectivity index (χ2n) is 4.80. The van der Waals surface area contributed by atoms with Gasteiger partial charge in [0.2, 0.25) is 11.7 Å². The van der Waals surface area contributed by atoms with Gasteiger partial charge in [-0.05, 0) is 19.1 Å². The monoisotopic (exact) mass is 368 g/mol. The fourth-order valence-corrected chi connectivity index (χ4v) is 2.73. The van der Waals surface area contributed by atoms with E-state index in [1.165, 1.54) is 11.8 Å². The Labute approximate surface area is 149 Å². The second-order valence-corrected chi connectivity index (χ2v) is 5.74. The predicted molar refractivity (Wildman–Crippen MR) is 90.0 cm³/mol. The molecule has 10 heteroatoms. The van der Waals surface area contributed by atoms with E-state index in [9.17, 15) is 9.59 Å². The number of hydrogen-bond acceptors (Lipinski definition) is 8. The number of nitrogens with zero attached hydrogens (tertiary/aromatic N) is 3. The molecule has 1 amide bonds. The minimum atomic E-state index is -0.468.